The normalized spacial score (nSPS) is 12.2. The SMILES string of the molecule is COC(=O)c1c(CC(=O)Nc2ccc3c4c(cccc24)CC3)[nH]c(C(C)=O)c1C. The molecule has 1 aromatic heterocycles. The van der Waals surface area contributed by atoms with Crippen molar-refractivity contribution < 1.29 is 19.1 Å². The molecule has 0 spiro atoms. The highest BCUT2D eigenvalue weighted by molar-refractivity contribution is 6.06. The van der Waals surface area contributed by atoms with Crippen LogP contribution < -0.4 is 5.32 Å². The Morgan fingerprint density at radius 3 is 2.52 bits per heavy atom. The van der Waals surface area contributed by atoms with Gasteiger partial charge >= 0.3 is 5.97 Å². The molecular weight excluding hydrogens is 368 g/mol. The average Bonchev–Trinajstić information content (AvgIpc) is 3.26. The maximum absolute atomic E-state index is 12.8. The van der Waals surface area contributed by atoms with Crippen LogP contribution in [0.3, 0.4) is 0 Å². The van der Waals surface area contributed by atoms with Gasteiger partial charge in [-0.25, -0.2) is 4.79 Å². The van der Waals surface area contributed by atoms with Crippen LogP contribution in [0.5, 0.6) is 0 Å². The molecule has 0 saturated carbocycles. The zero-order valence-electron chi connectivity index (χ0n) is 16.6. The second-order valence-corrected chi connectivity index (χ2v) is 7.36. The molecule has 1 heterocycles. The van der Waals surface area contributed by atoms with Crippen LogP contribution in [-0.4, -0.2) is 29.8 Å². The number of hydrogen-bond donors (Lipinski definition) is 2. The molecule has 0 aliphatic heterocycles. The lowest BCUT2D eigenvalue weighted by molar-refractivity contribution is -0.115. The zero-order valence-corrected chi connectivity index (χ0v) is 16.6. The maximum atomic E-state index is 12.8. The van der Waals surface area contributed by atoms with Crippen LogP contribution in [-0.2, 0) is 28.8 Å². The fraction of sp³-hybridized carbons (Fsp3) is 0.261. The predicted molar refractivity (Wildman–Crippen MR) is 111 cm³/mol. The Labute approximate surface area is 168 Å². The third kappa shape index (κ3) is 3.20. The van der Waals surface area contributed by atoms with Crippen molar-refractivity contribution >= 4 is 34.1 Å². The monoisotopic (exact) mass is 390 g/mol. The van der Waals surface area contributed by atoms with Crippen LogP contribution in [0.15, 0.2) is 30.3 Å². The smallest absolute Gasteiger partial charge is 0.339 e. The number of methoxy groups -OCH3 is 1. The largest absolute Gasteiger partial charge is 0.465 e. The molecule has 3 aromatic rings. The number of ketones is 1. The first-order valence-corrected chi connectivity index (χ1v) is 9.54. The molecule has 6 nitrogen and oxygen atoms in total. The van der Waals surface area contributed by atoms with Crippen LogP contribution in [0, 0.1) is 6.92 Å². The van der Waals surface area contributed by atoms with Gasteiger partial charge in [0, 0.05) is 23.7 Å². The molecule has 1 amide bonds. The summed E-state index contributed by atoms with van der Waals surface area (Å²) in [4.78, 5) is 39.8. The van der Waals surface area contributed by atoms with E-state index in [0.717, 1.165) is 23.9 Å². The Morgan fingerprint density at radius 1 is 1.10 bits per heavy atom. The van der Waals surface area contributed by atoms with Gasteiger partial charge in [-0.3, -0.25) is 9.59 Å². The summed E-state index contributed by atoms with van der Waals surface area (Å²) in [5.74, 6) is -1.04. The number of aryl methyl sites for hydroxylation is 2. The molecule has 6 heteroatoms. The number of rotatable bonds is 5. The zero-order chi connectivity index (χ0) is 20.7. The second-order valence-electron chi connectivity index (χ2n) is 7.36. The average molecular weight is 390 g/mol. The van der Waals surface area contributed by atoms with Crippen molar-refractivity contribution in [2.24, 2.45) is 0 Å². The van der Waals surface area contributed by atoms with Gasteiger partial charge in [-0.15, -0.1) is 0 Å². The van der Waals surface area contributed by atoms with Gasteiger partial charge in [0.1, 0.15) is 0 Å². The lowest BCUT2D eigenvalue weighted by atomic mass is 10.0. The number of aromatic nitrogens is 1. The van der Waals surface area contributed by atoms with Gasteiger partial charge in [-0.05, 0) is 47.9 Å². The molecule has 0 atom stereocenters. The van der Waals surface area contributed by atoms with E-state index in [4.69, 9.17) is 4.74 Å². The van der Waals surface area contributed by atoms with Gasteiger partial charge in [0.05, 0.1) is 24.8 Å². The van der Waals surface area contributed by atoms with Crippen molar-refractivity contribution in [3.05, 3.63) is 64.0 Å². The van der Waals surface area contributed by atoms with Gasteiger partial charge in [0.25, 0.3) is 0 Å². The van der Waals surface area contributed by atoms with E-state index in [1.807, 2.05) is 18.2 Å². The molecule has 0 bridgehead atoms. The first-order valence-electron chi connectivity index (χ1n) is 9.54. The van der Waals surface area contributed by atoms with Crippen LogP contribution in [0.2, 0.25) is 0 Å². The summed E-state index contributed by atoms with van der Waals surface area (Å²) in [6, 6.07) is 10.1. The second kappa shape index (κ2) is 7.20. The Hall–Kier alpha value is -3.41. The van der Waals surface area contributed by atoms with E-state index in [1.54, 1.807) is 6.92 Å². The number of carbonyl (C=O) groups is 3. The van der Waals surface area contributed by atoms with E-state index >= 15 is 0 Å². The van der Waals surface area contributed by atoms with Crippen molar-refractivity contribution in [1.82, 2.24) is 4.98 Å². The van der Waals surface area contributed by atoms with Gasteiger partial charge in [-0.2, -0.15) is 0 Å². The lowest BCUT2D eigenvalue weighted by Gasteiger charge is -2.11. The number of Topliss-reactive ketones (excluding diaryl/α,β-unsaturated/α-hetero) is 1. The first kappa shape index (κ1) is 18.9. The molecule has 4 rings (SSSR count). The Bertz CT molecular complexity index is 1160. The molecule has 0 fully saturated rings. The molecule has 2 N–H and O–H groups in total. The van der Waals surface area contributed by atoms with E-state index in [2.05, 4.69) is 22.4 Å². The Morgan fingerprint density at radius 2 is 1.83 bits per heavy atom. The predicted octanol–water partition coefficient (Wildman–Crippen LogP) is 3.75. The van der Waals surface area contributed by atoms with Crippen LogP contribution in [0.4, 0.5) is 5.69 Å². The summed E-state index contributed by atoms with van der Waals surface area (Å²) in [5, 5.41) is 5.20. The molecule has 0 saturated heterocycles. The quantitative estimate of drug-likeness (QED) is 0.513. The highest BCUT2D eigenvalue weighted by Crippen LogP contribution is 2.35. The van der Waals surface area contributed by atoms with Crippen molar-refractivity contribution in [2.75, 3.05) is 12.4 Å². The number of ether oxygens (including phenoxy) is 1. The molecule has 148 valence electrons. The summed E-state index contributed by atoms with van der Waals surface area (Å²) >= 11 is 0. The maximum Gasteiger partial charge on any atom is 0.339 e. The number of aromatic amines is 1. The molecule has 0 radical (unpaired) electrons. The minimum absolute atomic E-state index is 0.0680. The minimum atomic E-state index is -0.570. The lowest BCUT2D eigenvalue weighted by Crippen LogP contribution is -2.17. The summed E-state index contributed by atoms with van der Waals surface area (Å²) < 4.78 is 4.84. The van der Waals surface area contributed by atoms with E-state index < -0.39 is 5.97 Å². The minimum Gasteiger partial charge on any atom is -0.465 e. The number of anilines is 1. The number of benzene rings is 2. The summed E-state index contributed by atoms with van der Waals surface area (Å²) in [5.41, 5.74) is 4.78. The van der Waals surface area contributed by atoms with Crippen LogP contribution >= 0.6 is 0 Å². The third-order valence-electron chi connectivity index (χ3n) is 5.56. The number of nitrogens with one attached hydrogen (secondary N) is 2. The summed E-state index contributed by atoms with van der Waals surface area (Å²) in [6.07, 6.45) is 1.96. The number of hydrogen-bond acceptors (Lipinski definition) is 4. The van der Waals surface area contributed by atoms with Gasteiger partial charge in [0.2, 0.25) is 5.91 Å². The molecule has 29 heavy (non-hydrogen) atoms. The van der Waals surface area contributed by atoms with E-state index in [-0.39, 0.29) is 23.7 Å². The van der Waals surface area contributed by atoms with Crippen molar-refractivity contribution in [3.8, 4) is 0 Å². The van der Waals surface area contributed by atoms with Gasteiger partial charge in [-0.1, -0.05) is 24.3 Å². The Balaban J connectivity index is 1.65. The Kier molecular flexibility index (Phi) is 4.70. The topological polar surface area (TPSA) is 88.3 Å². The number of esters is 1. The fourth-order valence-corrected chi connectivity index (χ4v) is 4.23. The molecule has 1 aliphatic rings. The summed E-state index contributed by atoms with van der Waals surface area (Å²) in [7, 11) is 1.28. The molecule has 1 aliphatic carbocycles. The van der Waals surface area contributed by atoms with E-state index in [9.17, 15) is 14.4 Å². The highest BCUT2D eigenvalue weighted by atomic mass is 16.5. The highest BCUT2D eigenvalue weighted by Gasteiger charge is 2.25. The van der Waals surface area contributed by atoms with Gasteiger partial charge in [0.15, 0.2) is 5.78 Å². The third-order valence-corrected chi connectivity index (χ3v) is 5.56. The van der Waals surface area contributed by atoms with Crippen LogP contribution in [0.25, 0.3) is 10.8 Å². The van der Waals surface area contributed by atoms with Gasteiger partial charge < -0.3 is 15.0 Å². The number of amides is 1. The van der Waals surface area contributed by atoms with Crippen molar-refractivity contribution in [1.29, 1.82) is 0 Å². The molecular formula is C23H22N2O4. The van der Waals surface area contributed by atoms with E-state index in [0.29, 0.717) is 17.0 Å². The molecule has 2 aromatic carbocycles. The first-order chi connectivity index (χ1) is 13.9. The fourth-order valence-electron chi connectivity index (χ4n) is 4.23. The molecule has 0 unspecified atom stereocenters. The van der Waals surface area contributed by atoms with Crippen molar-refractivity contribution in [2.45, 2.75) is 33.1 Å². The summed E-state index contributed by atoms with van der Waals surface area (Å²) in [6.45, 7) is 3.08. The number of carbonyl (C=O) groups excluding carboxylic acids is 3. The number of H-pyrrole nitrogens is 1. The van der Waals surface area contributed by atoms with Crippen molar-refractivity contribution in [3.63, 3.8) is 0 Å². The van der Waals surface area contributed by atoms with Crippen LogP contribution in [0.1, 0.15) is 50.2 Å². The standard InChI is InChI=1S/C23H22N2O4/c1-12-20(23(28)29-3)18(25-22(12)13(2)26)11-19(27)24-17-10-9-15-8-7-14-5-4-6-16(17)21(14)15/h4-6,9-10,25H,7-8,11H2,1-3H3,(H,24,27). The van der Waals surface area contributed by atoms with E-state index in [1.165, 1.54) is 30.5 Å².